The predicted molar refractivity (Wildman–Crippen MR) is 97.9 cm³/mol. The standard InChI is InChI=1S/C19H15N3O5/c1-2-12-6-8-14(9-7-12)21-18(24)16(17(23)20-19(21)25)11-13-4-3-5-15(10-13)22(26)27/h3-11H,2H2,1H3,(H,20,23,25)/b16-11-. The Kier molecular flexibility index (Phi) is 4.80. The van der Waals surface area contributed by atoms with Gasteiger partial charge in [-0.05, 0) is 35.8 Å². The minimum absolute atomic E-state index is 0.170. The van der Waals surface area contributed by atoms with Gasteiger partial charge in [-0.15, -0.1) is 0 Å². The van der Waals surface area contributed by atoms with Crippen molar-refractivity contribution in [3.63, 3.8) is 0 Å². The lowest BCUT2D eigenvalue weighted by molar-refractivity contribution is -0.384. The Morgan fingerprint density at radius 3 is 2.44 bits per heavy atom. The lowest BCUT2D eigenvalue weighted by atomic mass is 10.1. The summed E-state index contributed by atoms with van der Waals surface area (Å²) in [6, 6.07) is 11.5. The molecule has 1 saturated heterocycles. The molecule has 0 unspecified atom stereocenters. The number of carbonyl (C=O) groups excluding carboxylic acids is 3. The Bertz CT molecular complexity index is 979. The maximum atomic E-state index is 12.8. The van der Waals surface area contributed by atoms with E-state index < -0.39 is 22.8 Å². The van der Waals surface area contributed by atoms with E-state index in [9.17, 15) is 24.5 Å². The number of nitrogens with zero attached hydrogens (tertiary/aromatic N) is 2. The number of hydrogen-bond acceptors (Lipinski definition) is 5. The number of non-ortho nitro benzene ring substituents is 1. The van der Waals surface area contributed by atoms with Crippen molar-refractivity contribution < 1.29 is 19.3 Å². The van der Waals surface area contributed by atoms with Crippen molar-refractivity contribution in [1.29, 1.82) is 0 Å². The largest absolute Gasteiger partial charge is 0.335 e. The number of hydrogen-bond donors (Lipinski definition) is 1. The van der Waals surface area contributed by atoms with Crippen LogP contribution in [0.1, 0.15) is 18.1 Å². The number of carbonyl (C=O) groups is 3. The third-order valence-electron chi connectivity index (χ3n) is 4.10. The van der Waals surface area contributed by atoms with Gasteiger partial charge in [-0.3, -0.25) is 25.0 Å². The zero-order valence-electron chi connectivity index (χ0n) is 14.3. The first kappa shape index (κ1) is 18.0. The van der Waals surface area contributed by atoms with Gasteiger partial charge in [0.15, 0.2) is 0 Å². The molecule has 2 aromatic rings. The van der Waals surface area contributed by atoms with Crippen molar-refractivity contribution >= 4 is 35.3 Å². The molecule has 0 saturated carbocycles. The van der Waals surface area contributed by atoms with Crippen LogP contribution < -0.4 is 10.2 Å². The third kappa shape index (κ3) is 3.59. The molecule has 1 N–H and O–H groups in total. The van der Waals surface area contributed by atoms with E-state index >= 15 is 0 Å². The van der Waals surface area contributed by atoms with E-state index in [4.69, 9.17) is 0 Å². The number of amides is 4. The molecule has 0 aromatic heterocycles. The molecule has 0 aliphatic carbocycles. The van der Waals surface area contributed by atoms with Crippen LogP contribution in [0.2, 0.25) is 0 Å². The zero-order chi connectivity index (χ0) is 19.6. The van der Waals surface area contributed by atoms with Crippen LogP contribution >= 0.6 is 0 Å². The molecule has 0 atom stereocenters. The van der Waals surface area contributed by atoms with E-state index in [0.717, 1.165) is 16.9 Å². The summed E-state index contributed by atoms with van der Waals surface area (Å²) >= 11 is 0. The molecule has 4 amide bonds. The molecule has 1 heterocycles. The first-order valence-corrected chi connectivity index (χ1v) is 8.15. The van der Waals surface area contributed by atoms with Gasteiger partial charge in [0.1, 0.15) is 5.57 Å². The number of rotatable bonds is 4. The molecule has 3 rings (SSSR count). The topological polar surface area (TPSA) is 110 Å². The van der Waals surface area contributed by atoms with Gasteiger partial charge in [0.2, 0.25) is 0 Å². The van der Waals surface area contributed by atoms with Crippen molar-refractivity contribution in [3.8, 4) is 0 Å². The summed E-state index contributed by atoms with van der Waals surface area (Å²) in [5.41, 5.74) is 1.21. The molecule has 1 aliphatic rings. The molecule has 0 spiro atoms. The first-order valence-electron chi connectivity index (χ1n) is 8.15. The monoisotopic (exact) mass is 365 g/mol. The Balaban J connectivity index is 1.99. The van der Waals surface area contributed by atoms with Gasteiger partial charge in [0.25, 0.3) is 17.5 Å². The highest BCUT2D eigenvalue weighted by atomic mass is 16.6. The molecule has 1 aliphatic heterocycles. The van der Waals surface area contributed by atoms with Crippen molar-refractivity contribution in [3.05, 3.63) is 75.3 Å². The van der Waals surface area contributed by atoms with Crippen LogP contribution in [-0.2, 0) is 16.0 Å². The summed E-state index contributed by atoms with van der Waals surface area (Å²) in [5.74, 6) is -1.64. The molecule has 27 heavy (non-hydrogen) atoms. The van der Waals surface area contributed by atoms with Crippen molar-refractivity contribution in [2.24, 2.45) is 0 Å². The molecule has 2 aromatic carbocycles. The van der Waals surface area contributed by atoms with E-state index in [0.29, 0.717) is 11.3 Å². The fourth-order valence-electron chi connectivity index (χ4n) is 2.67. The second-order valence-corrected chi connectivity index (χ2v) is 5.83. The van der Waals surface area contributed by atoms with Gasteiger partial charge in [-0.2, -0.15) is 0 Å². The van der Waals surface area contributed by atoms with Gasteiger partial charge in [-0.1, -0.05) is 31.2 Å². The molecule has 136 valence electrons. The quantitative estimate of drug-likeness (QED) is 0.388. The van der Waals surface area contributed by atoms with Crippen molar-refractivity contribution in [2.45, 2.75) is 13.3 Å². The maximum Gasteiger partial charge on any atom is 0.335 e. The number of aryl methyl sites for hydroxylation is 1. The fraction of sp³-hybridized carbons (Fsp3) is 0.105. The van der Waals surface area contributed by atoms with Crippen LogP contribution in [0.5, 0.6) is 0 Å². The number of imide groups is 2. The van der Waals surface area contributed by atoms with Crippen LogP contribution in [0.3, 0.4) is 0 Å². The van der Waals surface area contributed by atoms with Crippen LogP contribution in [0.25, 0.3) is 6.08 Å². The Morgan fingerprint density at radius 2 is 1.81 bits per heavy atom. The maximum absolute atomic E-state index is 12.8. The number of nitro benzene ring substituents is 1. The molecule has 8 heteroatoms. The number of urea groups is 1. The zero-order valence-corrected chi connectivity index (χ0v) is 14.3. The van der Waals surface area contributed by atoms with Crippen molar-refractivity contribution in [1.82, 2.24) is 5.32 Å². The SMILES string of the molecule is CCc1ccc(N2C(=O)NC(=O)/C(=C/c3cccc([N+](=O)[O-])c3)C2=O)cc1. The fourth-order valence-corrected chi connectivity index (χ4v) is 2.67. The van der Waals surface area contributed by atoms with E-state index in [1.54, 1.807) is 24.3 Å². The summed E-state index contributed by atoms with van der Waals surface area (Å²) in [4.78, 5) is 48.3. The first-order chi connectivity index (χ1) is 12.9. The smallest absolute Gasteiger partial charge is 0.273 e. The van der Waals surface area contributed by atoms with E-state index in [2.05, 4.69) is 5.32 Å². The van der Waals surface area contributed by atoms with E-state index in [1.807, 2.05) is 6.92 Å². The molecule has 1 fully saturated rings. The molecule has 8 nitrogen and oxygen atoms in total. The predicted octanol–water partition coefficient (Wildman–Crippen LogP) is 2.82. The second-order valence-electron chi connectivity index (χ2n) is 5.83. The number of nitrogens with one attached hydrogen (secondary N) is 1. The summed E-state index contributed by atoms with van der Waals surface area (Å²) in [6.45, 7) is 1.98. The molecular weight excluding hydrogens is 350 g/mol. The number of barbiturate groups is 1. The molecule has 0 radical (unpaired) electrons. The minimum atomic E-state index is -0.849. The minimum Gasteiger partial charge on any atom is -0.273 e. The summed E-state index contributed by atoms with van der Waals surface area (Å²) in [5, 5.41) is 13.0. The average Bonchev–Trinajstić information content (AvgIpc) is 2.65. The van der Waals surface area contributed by atoms with Gasteiger partial charge >= 0.3 is 6.03 Å². The molecular formula is C19H15N3O5. The Labute approximate surface area is 154 Å². The lowest BCUT2D eigenvalue weighted by Crippen LogP contribution is -2.54. The normalized spacial score (nSPS) is 15.8. The number of benzene rings is 2. The highest BCUT2D eigenvalue weighted by Gasteiger charge is 2.36. The van der Waals surface area contributed by atoms with Gasteiger partial charge in [0, 0.05) is 12.1 Å². The summed E-state index contributed by atoms with van der Waals surface area (Å²) in [7, 11) is 0. The van der Waals surface area contributed by atoms with E-state index in [-0.39, 0.29) is 11.3 Å². The number of anilines is 1. The van der Waals surface area contributed by atoms with Gasteiger partial charge < -0.3 is 0 Å². The van der Waals surface area contributed by atoms with Gasteiger partial charge in [0.05, 0.1) is 10.6 Å². The lowest BCUT2D eigenvalue weighted by Gasteiger charge is -2.26. The Hall–Kier alpha value is -3.81. The van der Waals surface area contributed by atoms with Gasteiger partial charge in [-0.25, -0.2) is 9.69 Å². The van der Waals surface area contributed by atoms with E-state index in [1.165, 1.54) is 30.3 Å². The second kappa shape index (κ2) is 7.20. The highest BCUT2D eigenvalue weighted by Crippen LogP contribution is 2.23. The van der Waals surface area contributed by atoms with Crippen LogP contribution in [-0.4, -0.2) is 22.8 Å². The highest BCUT2D eigenvalue weighted by molar-refractivity contribution is 6.39. The molecule has 0 bridgehead atoms. The number of nitro groups is 1. The van der Waals surface area contributed by atoms with Crippen molar-refractivity contribution in [2.75, 3.05) is 4.90 Å². The van der Waals surface area contributed by atoms with Crippen LogP contribution in [0, 0.1) is 10.1 Å². The van der Waals surface area contributed by atoms with Crippen LogP contribution in [0.15, 0.2) is 54.1 Å². The third-order valence-corrected chi connectivity index (χ3v) is 4.10. The van der Waals surface area contributed by atoms with Crippen LogP contribution in [0.4, 0.5) is 16.2 Å². The summed E-state index contributed by atoms with van der Waals surface area (Å²) < 4.78 is 0. The Morgan fingerprint density at radius 1 is 1.11 bits per heavy atom. The summed E-state index contributed by atoms with van der Waals surface area (Å²) in [6.07, 6.45) is 2.03. The average molecular weight is 365 g/mol.